The van der Waals surface area contributed by atoms with Crippen molar-refractivity contribution in [3.8, 4) is 5.75 Å². The molecule has 0 aromatic heterocycles. The van der Waals surface area contributed by atoms with Crippen molar-refractivity contribution in [1.29, 1.82) is 0 Å². The second-order valence-corrected chi connectivity index (χ2v) is 4.83. The first-order chi connectivity index (χ1) is 10.2. The minimum absolute atomic E-state index is 0.361. The molecule has 0 atom stereocenters. The lowest BCUT2D eigenvalue weighted by atomic mass is 10.2. The Kier molecular flexibility index (Phi) is 5.69. The monoisotopic (exact) mass is 291 g/mol. The highest BCUT2D eigenvalue weighted by Gasteiger charge is 2.03. The van der Waals surface area contributed by atoms with Gasteiger partial charge in [-0.25, -0.2) is 8.78 Å². The molecule has 0 aliphatic carbocycles. The highest BCUT2D eigenvalue weighted by molar-refractivity contribution is 5.27. The van der Waals surface area contributed by atoms with Crippen molar-refractivity contribution in [3.63, 3.8) is 0 Å². The zero-order chi connectivity index (χ0) is 15.1. The maximum Gasteiger partial charge on any atom is 0.130 e. The lowest BCUT2D eigenvalue weighted by molar-refractivity contribution is 0.317. The van der Waals surface area contributed by atoms with E-state index < -0.39 is 11.6 Å². The number of rotatable bonds is 7. The fourth-order valence-electron chi connectivity index (χ4n) is 1.93. The first-order valence-corrected chi connectivity index (χ1v) is 7.05. The van der Waals surface area contributed by atoms with Gasteiger partial charge in [-0.15, -0.1) is 0 Å². The molecule has 0 aliphatic heterocycles. The van der Waals surface area contributed by atoms with E-state index in [0.29, 0.717) is 25.3 Å². The predicted molar refractivity (Wildman–Crippen MR) is 79.1 cm³/mol. The second-order valence-electron chi connectivity index (χ2n) is 4.83. The minimum Gasteiger partial charge on any atom is -0.494 e. The summed E-state index contributed by atoms with van der Waals surface area (Å²) in [5.74, 6) is -0.227. The summed E-state index contributed by atoms with van der Waals surface area (Å²) in [7, 11) is 0. The van der Waals surface area contributed by atoms with Crippen LogP contribution >= 0.6 is 0 Å². The third-order valence-electron chi connectivity index (χ3n) is 3.06. The van der Waals surface area contributed by atoms with E-state index in [1.54, 1.807) is 0 Å². The average Bonchev–Trinajstić information content (AvgIpc) is 2.48. The first-order valence-electron chi connectivity index (χ1n) is 7.05. The lowest BCUT2D eigenvalue weighted by Gasteiger charge is -2.08. The zero-order valence-corrected chi connectivity index (χ0v) is 12.0. The largest absolute Gasteiger partial charge is 0.494 e. The van der Waals surface area contributed by atoms with Crippen molar-refractivity contribution in [2.75, 3.05) is 6.61 Å². The molecule has 0 saturated heterocycles. The van der Waals surface area contributed by atoms with Crippen LogP contribution in [0.15, 0.2) is 42.5 Å². The van der Waals surface area contributed by atoms with E-state index in [1.165, 1.54) is 12.1 Å². The summed E-state index contributed by atoms with van der Waals surface area (Å²) in [6, 6.07) is 11.4. The second kappa shape index (κ2) is 7.74. The van der Waals surface area contributed by atoms with Crippen molar-refractivity contribution in [1.82, 2.24) is 5.32 Å². The molecular formula is C17H19F2NO. The van der Waals surface area contributed by atoms with Crippen LogP contribution in [0, 0.1) is 11.6 Å². The van der Waals surface area contributed by atoms with E-state index in [2.05, 4.69) is 12.2 Å². The van der Waals surface area contributed by atoms with E-state index in [0.717, 1.165) is 23.8 Å². The summed E-state index contributed by atoms with van der Waals surface area (Å²) in [5.41, 5.74) is 1.54. The third-order valence-corrected chi connectivity index (χ3v) is 3.06. The molecule has 0 saturated carbocycles. The van der Waals surface area contributed by atoms with Gasteiger partial charge in [0.25, 0.3) is 0 Å². The molecule has 0 radical (unpaired) electrons. The van der Waals surface area contributed by atoms with Gasteiger partial charge in [-0.05, 0) is 30.2 Å². The highest BCUT2D eigenvalue weighted by atomic mass is 19.1. The molecule has 0 aliphatic rings. The van der Waals surface area contributed by atoms with Gasteiger partial charge in [-0.3, -0.25) is 0 Å². The van der Waals surface area contributed by atoms with Crippen molar-refractivity contribution in [2.24, 2.45) is 0 Å². The van der Waals surface area contributed by atoms with Crippen LogP contribution in [-0.4, -0.2) is 6.61 Å². The van der Waals surface area contributed by atoms with Crippen LogP contribution in [0.3, 0.4) is 0 Å². The van der Waals surface area contributed by atoms with Crippen LogP contribution in [0.1, 0.15) is 24.5 Å². The Hall–Kier alpha value is -1.94. The minimum atomic E-state index is -0.557. The Morgan fingerprint density at radius 1 is 1.00 bits per heavy atom. The summed E-state index contributed by atoms with van der Waals surface area (Å²) >= 11 is 0. The molecular weight excluding hydrogens is 272 g/mol. The molecule has 1 N–H and O–H groups in total. The van der Waals surface area contributed by atoms with Gasteiger partial charge in [-0.1, -0.05) is 25.1 Å². The van der Waals surface area contributed by atoms with Crippen LogP contribution in [0.2, 0.25) is 0 Å². The molecule has 0 amide bonds. The Balaban J connectivity index is 1.82. The van der Waals surface area contributed by atoms with Gasteiger partial charge in [0.1, 0.15) is 17.4 Å². The molecule has 0 fully saturated rings. The normalized spacial score (nSPS) is 10.6. The first kappa shape index (κ1) is 15.4. The standard InChI is InChI=1S/C17H19F2NO/c1-2-9-21-16-7-3-13(4-8-16)11-20-12-14-5-6-15(18)10-17(14)19/h3-8,10,20H,2,9,11-12H2,1H3. The van der Waals surface area contributed by atoms with E-state index >= 15 is 0 Å². The molecule has 4 heteroatoms. The summed E-state index contributed by atoms with van der Waals surface area (Å²) in [6.45, 7) is 3.75. The molecule has 2 aromatic rings. The average molecular weight is 291 g/mol. The van der Waals surface area contributed by atoms with Crippen LogP contribution in [0.5, 0.6) is 5.75 Å². The predicted octanol–water partition coefficient (Wildman–Crippen LogP) is 4.04. The molecule has 2 aromatic carbocycles. The Labute approximate surface area is 123 Å². The van der Waals surface area contributed by atoms with Gasteiger partial charge < -0.3 is 10.1 Å². The van der Waals surface area contributed by atoms with Gasteiger partial charge >= 0.3 is 0 Å². The summed E-state index contributed by atoms with van der Waals surface area (Å²) < 4.78 is 31.7. The maximum atomic E-state index is 13.5. The number of hydrogen-bond donors (Lipinski definition) is 1. The molecule has 2 rings (SSSR count). The molecule has 112 valence electrons. The van der Waals surface area contributed by atoms with Crippen LogP contribution < -0.4 is 10.1 Å². The van der Waals surface area contributed by atoms with Gasteiger partial charge in [-0.2, -0.15) is 0 Å². The molecule has 21 heavy (non-hydrogen) atoms. The van der Waals surface area contributed by atoms with Crippen LogP contribution in [-0.2, 0) is 13.1 Å². The smallest absolute Gasteiger partial charge is 0.130 e. The molecule has 0 spiro atoms. The molecule has 2 nitrogen and oxygen atoms in total. The van der Waals surface area contributed by atoms with Crippen molar-refractivity contribution in [2.45, 2.75) is 26.4 Å². The van der Waals surface area contributed by atoms with Gasteiger partial charge in [0.05, 0.1) is 6.61 Å². The molecule has 0 unspecified atom stereocenters. The topological polar surface area (TPSA) is 21.3 Å². The molecule has 0 bridgehead atoms. The summed E-state index contributed by atoms with van der Waals surface area (Å²) in [6.07, 6.45) is 0.979. The van der Waals surface area contributed by atoms with E-state index in [4.69, 9.17) is 4.74 Å². The van der Waals surface area contributed by atoms with Gasteiger partial charge in [0.15, 0.2) is 0 Å². The Morgan fingerprint density at radius 2 is 1.76 bits per heavy atom. The van der Waals surface area contributed by atoms with Crippen molar-refractivity contribution in [3.05, 3.63) is 65.2 Å². The van der Waals surface area contributed by atoms with Crippen molar-refractivity contribution < 1.29 is 13.5 Å². The number of benzene rings is 2. The van der Waals surface area contributed by atoms with Crippen molar-refractivity contribution >= 4 is 0 Å². The fraction of sp³-hybridized carbons (Fsp3) is 0.294. The van der Waals surface area contributed by atoms with E-state index in [-0.39, 0.29) is 0 Å². The Bertz CT molecular complexity index is 570. The van der Waals surface area contributed by atoms with Gasteiger partial charge in [0, 0.05) is 24.7 Å². The highest BCUT2D eigenvalue weighted by Crippen LogP contribution is 2.13. The lowest BCUT2D eigenvalue weighted by Crippen LogP contribution is -2.13. The van der Waals surface area contributed by atoms with Crippen LogP contribution in [0.25, 0.3) is 0 Å². The fourth-order valence-corrected chi connectivity index (χ4v) is 1.93. The number of hydrogen-bond acceptors (Lipinski definition) is 2. The number of ether oxygens (including phenoxy) is 1. The van der Waals surface area contributed by atoms with E-state index in [9.17, 15) is 8.78 Å². The molecule has 0 heterocycles. The zero-order valence-electron chi connectivity index (χ0n) is 12.0. The summed E-state index contributed by atoms with van der Waals surface area (Å²) in [4.78, 5) is 0. The van der Waals surface area contributed by atoms with Crippen LogP contribution in [0.4, 0.5) is 8.78 Å². The SMILES string of the molecule is CCCOc1ccc(CNCc2ccc(F)cc2F)cc1. The number of halogens is 2. The van der Waals surface area contributed by atoms with Gasteiger partial charge in [0.2, 0.25) is 0 Å². The third kappa shape index (κ3) is 4.83. The van der Waals surface area contributed by atoms with E-state index in [1.807, 2.05) is 24.3 Å². The Morgan fingerprint density at radius 3 is 2.43 bits per heavy atom. The quantitative estimate of drug-likeness (QED) is 0.831. The maximum absolute atomic E-state index is 13.5. The summed E-state index contributed by atoms with van der Waals surface area (Å²) in [5, 5.41) is 3.14. The number of nitrogens with one attached hydrogen (secondary N) is 1.